The monoisotopic (exact) mass is 279 g/mol. The van der Waals surface area contributed by atoms with Gasteiger partial charge in [0.2, 0.25) is 0 Å². The molecule has 4 heteroatoms. The van der Waals surface area contributed by atoms with Crippen molar-refractivity contribution in [2.24, 2.45) is 0 Å². The Morgan fingerprint density at radius 1 is 1.43 bits per heavy atom. The van der Waals surface area contributed by atoms with Crippen molar-refractivity contribution in [3.63, 3.8) is 0 Å². The fourth-order valence-corrected chi connectivity index (χ4v) is 1.90. The molecule has 0 bridgehead atoms. The molecule has 1 nitrogen and oxygen atoms in total. The largest absolute Gasteiger partial charge is 0.375 e. The van der Waals surface area contributed by atoms with Crippen molar-refractivity contribution < 1.29 is 4.39 Å². The van der Waals surface area contributed by atoms with Crippen molar-refractivity contribution in [1.29, 1.82) is 0 Å². The van der Waals surface area contributed by atoms with Crippen LogP contribution in [0.15, 0.2) is 12.1 Å². The third-order valence-corrected chi connectivity index (χ3v) is 2.79. The summed E-state index contributed by atoms with van der Waals surface area (Å²) in [6.07, 6.45) is 0.740. The molecule has 0 aliphatic carbocycles. The molecule has 0 unspecified atom stereocenters. The summed E-state index contributed by atoms with van der Waals surface area (Å²) in [5, 5.41) is 1.02. The number of rotatable bonds is 3. The summed E-state index contributed by atoms with van der Waals surface area (Å²) >= 11 is 9.20. The Balaban J connectivity index is 3.12. The molecule has 14 heavy (non-hydrogen) atoms. The van der Waals surface area contributed by atoms with Gasteiger partial charge in [0.15, 0.2) is 5.82 Å². The number of halogens is 3. The summed E-state index contributed by atoms with van der Waals surface area (Å²) in [5.41, 5.74) is 1.36. The van der Waals surface area contributed by atoms with Gasteiger partial charge < -0.3 is 4.90 Å². The molecule has 0 fully saturated rings. The summed E-state index contributed by atoms with van der Waals surface area (Å²) in [6, 6.07) is 3.61. The van der Waals surface area contributed by atoms with Gasteiger partial charge in [0.25, 0.3) is 0 Å². The smallest absolute Gasteiger partial charge is 0.165 e. The van der Waals surface area contributed by atoms with Crippen LogP contribution in [0.2, 0.25) is 5.02 Å². The van der Waals surface area contributed by atoms with E-state index < -0.39 is 0 Å². The van der Waals surface area contributed by atoms with Crippen LogP contribution in [0.25, 0.3) is 0 Å². The van der Waals surface area contributed by atoms with Crippen LogP contribution in [0.5, 0.6) is 0 Å². The van der Waals surface area contributed by atoms with E-state index in [9.17, 15) is 4.39 Å². The molecule has 1 aromatic rings. The molecular formula is C10H12BrClFN. The van der Waals surface area contributed by atoms with Gasteiger partial charge in [-0.05, 0) is 18.1 Å². The SMILES string of the molecule is CN(C)c1ccc(CCBr)c(Cl)c1F. The van der Waals surface area contributed by atoms with Gasteiger partial charge >= 0.3 is 0 Å². The van der Waals surface area contributed by atoms with Crippen LogP contribution < -0.4 is 4.90 Å². The van der Waals surface area contributed by atoms with E-state index >= 15 is 0 Å². The summed E-state index contributed by atoms with van der Waals surface area (Å²) in [6.45, 7) is 0. The van der Waals surface area contributed by atoms with E-state index in [0.717, 1.165) is 17.3 Å². The first kappa shape index (κ1) is 11.8. The first-order valence-electron chi connectivity index (χ1n) is 4.28. The maximum Gasteiger partial charge on any atom is 0.165 e. The third kappa shape index (κ3) is 2.39. The van der Waals surface area contributed by atoms with E-state index in [1.807, 2.05) is 6.07 Å². The average molecular weight is 281 g/mol. The Morgan fingerprint density at radius 3 is 2.57 bits per heavy atom. The van der Waals surface area contributed by atoms with E-state index in [4.69, 9.17) is 11.6 Å². The Bertz CT molecular complexity index is 328. The molecule has 0 radical (unpaired) electrons. The van der Waals surface area contributed by atoms with Crippen molar-refractivity contribution >= 4 is 33.2 Å². The van der Waals surface area contributed by atoms with Crippen LogP contribution in [0.4, 0.5) is 10.1 Å². The fraction of sp³-hybridized carbons (Fsp3) is 0.400. The topological polar surface area (TPSA) is 3.24 Å². The van der Waals surface area contributed by atoms with Crippen LogP contribution in [0.1, 0.15) is 5.56 Å². The Labute approximate surface area is 97.0 Å². The van der Waals surface area contributed by atoms with Gasteiger partial charge in [0, 0.05) is 19.4 Å². The molecule has 0 saturated heterocycles. The van der Waals surface area contributed by atoms with Gasteiger partial charge in [-0.2, -0.15) is 0 Å². The summed E-state index contributed by atoms with van der Waals surface area (Å²) in [7, 11) is 3.58. The number of hydrogen-bond acceptors (Lipinski definition) is 1. The average Bonchev–Trinajstić information content (AvgIpc) is 2.13. The molecule has 1 aromatic carbocycles. The Morgan fingerprint density at radius 2 is 2.07 bits per heavy atom. The molecule has 0 aromatic heterocycles. The minimum Gasteiger partial charge on any atom is -0.375 e. The zero-order chi connectivity index (χ0) is 10.7. The van der Waals surface area contributed by atoms with E-state index in [1.165, 1.54) is 0 Å². The number of alkyl halides is 1. The number of hydrogen-bond donors (Lipinski definition) is 0. The lowest BCUT2D eigenvalue weighted by Gasteiger charge is -2.15. The van der Waals surface area contributed by atoms with Crippen molar-refractivity contribution in [3.05, 3.63) is 28.5 Å². The molecular weight excluding hydrogens is 268 g/mol. The van der Waals surface area contributed by atoms with Gasteiger partial charge in [-0.15, -0.1) is 0 Å². The van der Waals surface area contributed by atoms with Crippen LogP contribution in [-0.2, 0) is 6.42 Å². The summed E-state index contributed by atoms with van der Waals surface area (Å²) in [4.78, 5) is 1.71. The third-order valence-electron chi connectivity index (χ3n) is 1.99. The Kier molecular flexibility index (Phi) is 4.20. The second kappa shape index (κ2) is 4.99. The van der Waals surface area contributed by atoms with Gasteiger partial charge in [-0.3, -0.25) is 0 Å². The van der Waals surface area contributed by atoms with Gasteiger partial charge in [0.05, 0.1) is 10.7 Å². The predicted octanol–water partition coefficient (Wildman–Crippen LogP) is 3.48. The fourth-order valence-electron chi connectivity index (χ4n) is 1.22. The lowest BCUT2D eigenvalue weighted by Crippen LogP contribution is -2.11. The molecule has 0 atom stereocenters. The molecule has 1 rings (SSSR count). The standard InChI is InChI=1S/C10H12BrClFN/c1-14(2)8-4-3-7(5-6-11)9(12)10(8)13/h3-4H,5-6H2,1-2H3. The summed E-state index contributed by atoms with van der Waals surface area (Å²) in [5.74, 6) is -0.338. The molecule has 0 saturated carbocycles. The number of nitrogens with zero attached hydrogens (tertiary/aromatic N) is 1. The second-order valence-corrected chi connectivity index (χ2v) is 4.38. The molecule has 0 heterocycles. The molecule has 0 aliphatic rings. The summed E-state index contributed by atoms with van der Waals surface area (Å²) < 4.78 is 13.6. The van der Waals surface area contributed by atoms with Crippen molar-refractivity contribution in [1.82, 2.24) is 0 Å². The Hall–Kier alpha value is -0.280. The lowest BCUT2D eigenvalue weighted by atomic mass is 10.1. The highest BCUT2D eigenvalue weighted by Gasteiger charge is 2.12. The van der Waals surface area contributed by atoms with E-state index in [2.05, 4.69) is 15.9 Å². The second-order valence-electron chi connectivity index (χ2n) is 3.21. The highest BCUT2D eigenvalue weighted by atomic mass is 79.9. The van der Waals surface area contributed by atoms with Crippen molar-refractivity contribution in [2.45, 2.75) is 6.42 Å². The highest BCUT2D eigenvalue weighted by Crippen LogP contribution is 2.28. The molecule has 78 valence electrons. The lowest BCUT2D eigenvalue weighted by molar-refractivity contribution is 0.624. The van der Waals surface area contributed by atoms with Gasteiger partial charge in [-0.25, -0.2) is 4.39 Å². The van der Waals surface area contributed by atoms with Crippen molar-refractivity contribution in [2.75, 3.05) is 24.3 Å². The number of anilines is 1. The van der Waals surface area contributed by atoms with Gasteiger partial charge in [-0.1, -0.05) is 33.6 Å². The van der Waals surface area contributed by atoms with Crippen LogP contribution in [0.3, 0.4) is 0 Å². The molecule has 0 N–H and O–H groups in total. The first-order valence-corrected chi connectivity index (χ1v) is 5.78. The van der Waals surface area contributed by atoms with E-state index in [1.54, 1.807) is 25.1 Å². The minimum absolute atomic E-state index is 0.232. The quantitative estimate of drug-likeness (QED) is 0.766. The maximum absolute atomic E-state index is 13.6. The highest BCUT2D eigenvalue weighted by molar-refractivity contribution is 9.09. The van der Waals surface area contributed by atoms with E-state index in [-0.39, 0.29) is 10.8 Å². The molecule has 0 spiro atoms. The zero-order valence-electron chi connectivity index (χ0n) is 8.15. The zero-order valence-corrected chi connectivity index (χ0v) is 10.5. The molecule has 0 aliphatic heterocycles. The van der Waals surface area contributed by atoms with Crippen LogP contribution in [-0.4, -0.2) is 19.4 Å². The molecule has 0 amide bonds. The van der Waals surface area contributed by atoms with Crippen molar-refractivity contribution in [3.8, 4) is 0 Å². The van der Waals surface area contributed by atoms with Crippen LogP contribution in [0, 0.1) is 5.82 Å². The van der Waals surface area contributed by atoms with Gasteiger partial charge in [0.1, 0.15) is 0 Å². The first-order chi connectivity index (χ1) is 6.57. The normalized spacial score (nSPS) is 10.4. The minimum atomic E-state index is -0.338. The van der Waals surface area contributed by atoms with Crippen LogP contribution >= 0.6 is 27.5 Å². The van der Waals surface area contributed by atoms with E-state index in [0.29, 0.717) is 5.69 Å². The maximum atomic E-state index is 13.6. The number of aryl methyl sites for hydroxylation is 1. The predicted molar refractivity (Wildman–Crippen MR) is 63.2 cm³/mol. The number of benzene rings is 1.